The summed E-state index contributed by atoms with van der Waals surface area (Å²) in [5, 5.41) is 13.3. The van der Waals surface area contributed by atoms with Gasteiger partial charge < -0.3 is 10.0 Å². The number of hydrogen-bond acceptors (Lipinski definition) is 5. The third-order valence-electron chi connectivity index (χ3n) is 5.71. The first-order valence-electron chi connectivity index (χ1n) is 12.8. The molecule has 1 aromatic rings. The van der Waals surface area contributed by atoms with E-state index in [1.165, 1.54) is 12.0 Å². The standard InChI is InChI=1S/C22H25Cl2N3OS.C7H14O/c1-4-11-27-20(28)13-29-22(27)15(3)21(16-7-5-14(2)6-8-16)26-25-17-9-10-18(23)19(24)12-17;1-2-3-4-5-6-7-8/h5-9,12,18,22,25H,3-4,10-11,13H2,1-2H3;4-5,8H,2-3,6-7H2,1H3/b26-21+;5-4-. The Bertz CT molecular complexity index is 1010. The van der Waals surface area contributed by atoms with Crippen molar-refractivity contribution < 1.29 is 9.90 Å². The molecule has 1 heterocycles. The highest BCUT2D eigenvalue weighted by Gasteiger charge is 2.34. The van der Waals surface area contributed by atoms with Gasteiger partial charge in [0, 0.05) is 29.3 Å². The number of benzene rings is 1. The van der Waals surface area contributed by atoms with Crippen molar-refractivity contribution in [2.45, 2.75) is 63.6 Å². The Morgan fingerprint density at radius 3 is 2.57 bits per heavy atom. The molecule has 8 heteroatoms. The van der Waals surface area contributed by atoms with Crippen LogP contribution in [0.5, 0.6) is 0 Å². The van der Waals surface area contributed by atoms with Gasteiger partial charge in [0.15, 0.2) is 0 Å². The van der Waals surface area contributed by atoms with Crippen LogP contribution in [0.25, 0.3) is 0 Å². The highest BCUT2D eigenvalue weighted by Crippen LogP contribution is 2.32. The number of hydrogen-bond donors (Lipinski definition) is 2. The minimum absolute atomic E-state index is 0.115. The molecule has 1 fully saturated rings. The van der Waals surface area contributed by atoms with Crippen molar-refractivity contribution >= 4 is 46.6 Å². The maximum absolute atomic E-state index is 12.3. The number of aliphatic hydroxyl groups excluding tert-OH is 1. The summed E-state index contributed by atoms with van der Waals surface area (Å²) in [6, 6.07) is 8.15. The van der Waals surface area contributed by atoms with Gasteiger partial charge in [0.05, 0.1) is 22.5 Å². The number of nitrogens with zero attached hydrogens (tertiary/aromatic N) is 2. The molecule has 5 nitrogen and oxygen atoms in total. The summed E-state index contributed by atoms with van der Waals surface area (Å²) in [5.41, 5.74) is 7.57. The summed E-state index contributed by atoms with van der Waals surface area (Å²) < 4.78 is 0. The van der Waals surface area contributed by atoms with Crippen molar-refractivity contribution in [2.75, 3.05) is 18.9 Å². The molecule has 37 heavy (non-hydrogen) atoms. The van der Waals surface area contributed by atoms with Gasteiger partial charge in [-0.2, -0.15) is 5.10 Å². The number of thioether (sulfide) groups is 1. The molecule has 0 aromatic heterocycles. The fourth-order valence-corrected chi connectivity index (χ4v) is 5.23. The number of halogens is 2. The van der Waals surface area contributed by atoms with Gasteiger partial charge in [-0.25, -0.2) is 0 Å². The minimum Gasteiger partial charge on any atom is -0.396 e. The van der Waals surface area contributed by atoms with E-state index < -0.39 is 0 Å². The minimum atomic E-state index is -0.193. The molecule has 1 aromatic carbocycles. The van der Waals surface area contributed by atoms with Crippen LogP contribution in [0.2, 0.25) is 0 Å². The lowest BCUT2D eigenvalue weighted by atomic mass is 10.0. The molecule has 1 aliphatic carbocycles. The summed E-state index contributed by atoms with van der Waals surface area (Å²) in [6.07, 6.45) is 12.6. The second-order valence-electron chi connectivity index (χ2n) is 8.88. The number of alkyl halides is 1. The molecule has 2 unspecified atom stereocenters. The van der Waals surface area contributed by atoms with E-state index in [1.807, 2.05) is 48.2 Å². The number of unbranched alkanes of at least 4 members (excludes halogenated alkanes) is 1. The highest BCUT2D eigenvalue weighted by atomic mass is 35.5. The first kappa shape index (κ1) is 31.2. The third kappa shape index (κ3) is 10.0. The van der Waals surface area contributed by atoms with E-state index in [2.05, 4.69) is 37.0 Å². The van der Waals surface area contributed by atoms with Gasteiger partial charge >= 0.3 is 0 Å². The van der Waals surface area contributed by atoms with Gasteiger partial charge in [-0.15, -0.1) is 23.4 Å². The first-order valence-corrected chi connectivity index (χ1v) is 14.7. The number of hydrazone groups is 1. The number of aryl methyl sites for hydroxylation is 1. The zero-order chi connectivity index (χ0) is 27.2. The summed E-state index contributed by atoms with van der Waals surface area (Å²) in [6.45, 7) is 11.6. The molecule has 1 amide bonds. The van der Waals surface area contributed by atoms with Gasteiger partial charge in [-0.05, 0) is 38.7 Å². The Labute approximate surface area is 236 Å². The average molecular weight is 565 g/mol. The third-order valence-corrected chi connectivity index (χ3v) is 7.88. The smallest absolute Gasteiger partial charge is 0.233 e. The second-order valence-corrected chi connectivity index (χ2v) is 10.9. The zero-order valence-electron chi connectivity index (χ0n) is 22.1. The van der Waals surface area contributed by atoms with E-state index in [0.717, 1.165) is 41.8 Å². The highest BCUT2D eigenvalue weighted by molar-refractivity contribution is 8.01. The number of rotatable bonds is 11. The first-order chi connectivity index (χ1) is 17.8. The van der Waals surface area contributed by atoms with Gasteiger partial charge in [-0.1, -0.05) is 86.5 Å². The quantitative estimate of drug-likeness (QED) is 0.133. The number of allylic oxidation sites excluding steroid dienone is 4. The fraction of sp³-hybridized carbons (Fsp3) is 0.448. The molecule has 2 atom stereocenters. The molecular weight excluding hydrogens is 525 g/mol. The lowest BCUT2D eigenvalue weighted by Crippen LogP contribution is -2.36. The molecule has 3 rings (SSSR count). The van der Waals surface area contributed by atoms with E-state index in [0.29, 0.717) is 23.8 Å². The lowest BCUT2D eigenvalue weighted by molar-refractivity contribution is -0.127. The van der Waals surface area contributed by atoms with Gasteiger partial charge in [0.25, 0.3) is 0 Å². The van der Waals surface area contributed by atoms with Gasteiger partial charge in [0.2, 0.25) is 5.91 Å². The zero-order valence-corrected chi connectivity index (χ0v) is 24.4. The molecule has 0 bridgehead atoms. The predicted octanol–water partition coefficient (Wildman–Crippen LogP) is 6.90. The number of amides is 1. The SMILES string of the molecule is C=C(/C(=N\NC1=CCC(Cl)C(Cl)=C1)c1ccc(C)cc1)C1SCC(=O)N1CCC.CCC/C=C\CCO. The van der Waals surface area contributed by atoms with Crippen molar-refractivity contribution in [1.29, 1.82) is 0 Å². The Hall–Kier alpha value is -1.99. The summed E-state index contributed by atoms with van der Waals surface area (Å²) in [7, 11) is 0. The normalized spacial score (nSPS) is 19.9. The molecule has 0 spiro atoms. The largest absolute Gasteiger partial charge is 0.396 e. The Morgan fingerprint density at radius 2 is 1.95 bits per heavy atom. The summed E-state index contributed by atoms with van der Waals surface area (Å²) >= 11 is 13.9. The Balaban J connectivity index is 0.000000521. The average Bonchev–Trinajstić information content (AvgIpc) is 3.25. The van der Waals surface area contributed by atoms with E-state index in [-0.39, 0.29) is 23.3 Å². The predicted molar refractivity (Wildman–Crippen MR) is 160 cm³/mol. The Kier molecular flexibility index (Phi) is 14.2. The molecule has 1 saturated heterocycles. The molecule has 2 aliphatic rings. The van der Waals surface area contributed by atoms with Crippen LogP contribution in [0.15, 0.2) is 76.6 Å². The van der Waals surface area contributed by atoms with E-state index in [9.17, 15) is 4.79 Å². The van der Waals surface area contributed by atoms with E-state index >= 15 is 0 Å². The van der Waals surface area contributed by atoms with Gasteiger partial charge in [0.1, 0.15) is 5.37 Å². The van der Waals surface area contributed by atoms with Crippen molar-refractivity contribution in [3.8, 4) is 0 Å². The van der Waals surface area contributed by atoms with Crippen LogP contribution < -0.4 is 5.43 Å². The van der Waals surface area contributed by atoms with Crippen molar-refractivity contribution in [1.82, 2.24) is 10.3 Å². The molecule has 0 radical (unpaired) electrons. The van der Waals surface area contributed by atoms with Gasteiger partial charge in [-0.3, -0.25) is 10.2 Å². The maximum Gasteiger partial charge on any atom is 0.233 e. The van der Waals surface area contributed by atoms with E-state index in [1.54, 1.807) is 17.8 Å². The van der Waals surface area contributed by atoms with Crippen LogP contribution in [0.4, 0.5) is 0 Å². The van der Waals surface area contributed by atoms with Crippen molar-refractivity contribution in [2.24, 2.45) is 5.10 Å². The van der Waals surface area contributed by atoms with Crippen molar-refractivity contribution in [3.63, 3.8) is 0 Å². The molecule has 2 N–H and O–H groups in total. The van der Waals surface area contributed by atoms with Crippen LogP contribution in [-0.4, -0.2) is 51.3 Å². The molecule has 1 aliphatic heterocycles. The number of carbonyl (C=O) groups excluding carboxylic acids is 1. The summed E-state index contributed by atoms with van der Waals surface area (Å²) in [4.78, 5) is 14.2. The van der Waals surface area contributed by atoms with Crippen LogP contribution >= 0.6 is 35.0 Å². The number of carbonyl (C=O) groups is 1. The number of aliphatic hydroxyl groups is 1. The second kappa shape index (κ2) is 16.8. The topological polar surface area (TPSA) is 64.9 Å². The molecule has 0 saturated carbocycles. The molecular formula is C29H39Cl2N3O2S. The number of nitrogens with one attached hydrogen (secondary N) is 1. The van der Waals surface area contributed by atoms with Crippen LogP contribution in [0, 0.1) is 6.92 Å². The fourth-order valence-electron chi connectivity index (χ4n) is 3.69. The van der Waals surface area contributed by atoms with E-state index in [4.69, 9.17) is 28.3 Å². The Morgan fingerprint density at radius 1 is 1.24 bits per heavy atom. The molecule has 202 valence electrons. The van der Waals surface area contributed by atoms with Crippen LogP contribution in [-0.2, 0) is 4.79 Å². The van der Waals surface area contributed by atoms with Crippen LogP contribution in [0.3, 0.4) is 0 Å². The monoisotopic (exact) mass is 563 g/mol. The summed E-state index contributed by atoms with van der Waals surface area (Å²) in [5.74, 6) is 0.621. The maximum atomic E-state index is 12.3. The lowest BCUT2D eigenvalue weighted by Gasteiger charge is -2.26. The van der Waals surface area contributed by atoms with Crippen LogP contribution in [0.1, 0.15) is 57.1 Å². The van der Waals surface area contributed by atoms with Crippen molar-refractivity contribution in [3.05, 3.63) is 82.6 Å².